The van der Waals surface area contributed by atoms with E-state index in [1.807, 2.05) is 27.7 Å². The Labute approximate surface area is 181 Å². The number of carbonyl (C=O) groups excluding carboxylic acids is 1. The highest BCUT2D eigenvalue weighted by Gasteiger charge is 2.41. The lowest BCUT2D eigenvalue weighted by atomic mass is 9.79. The smallest absolute Gasteiger partial charge is 0.174 e. The molecular formula is C25H28O6. The minimum absolute atomic E-state index is 0.0992. The monoisotopic (exact) mass is 424 g/mol. The van der Waals surface area contributed by atoms with E-state index in [2.05, 4.69) is 6.08 Å². The molecule has 2 aliphatic heterocycles. The number of benzene rings is 2. The maximum atomic E-state index is 13.0. The van der Waals surface area contributed by atoms with Gasteiger partial charge in [0.25, 0.3) is 0 Å². The van der Waals surface area contributed by atoms with Gasteiger partial charge < -0.3 is 24.8 Å². The third-order valence-corrected chi connectivity index (χ3v) is 6.25. The van der Waals surface area contributed by atoms with Gasteiger partial charge in [-0.15, -0.1) is 0 Å². The van der Waals surface area contributed by atoms with Gasteiger partial charge in [0, 0.05) is 17.5 Å². The molecule has 0 aromatic heterocycles. The fourth-order valence-electron chi connectivity index (χ4n) is 4.41. The molecule has 0 fully saturated rings. The Balaban J connectivity index is 1.74. The molecule has 6 nitrogen and oxygen atoms in total. The van der Waals surface area contributed by atoms with Gasteiger partial charge in [0.15, 0.2) is 5.78 Å². The van der Waals surface area contributed by atoms with Crippen molar-refractivity contribution in [1.82, 2.24) is 0 Å². The van der Waals surface area contributed by atoms with Crippen LogP contribution in [0.1, 0.15) is 68.1 Å². The van der Waals surface area contributed by atoms with E-state index in [0.29, 0.717) is 17.7 Å². The standard InChI is InChI=1S/C25H28O6/c1-13(2)8-9-14-10-15-19(31-25(14,3)4)12-21-23(24(15)29)18(28)11-20(30-21)22-16(26)6-5-7-17(22)27/h5-8,12,14,20,26-27,29H,9-11H2,1-4H3/t14-,20+/m1/s1. The van der Waals surface area contributed by atoms with Gasteiger partial charge in [-0.25, -0.2) is 0 Å². The molecule has 0 bridgehead atoms. The van der Waals surface area contributed by atoms with Crippen LogP contribution in [0.15, 0.2) is 35.9 Å². The van der Waals surface area contributed by atoms with Crippen molar-refractivity contribution >= 4 is 5.78 Å². The number of ketones is 1. The second kappa shape index (κ2) is 7.52. The van der Waals surface area contributed by atoms with Gasteiger partial charge >= 0.3 is 0 Å². The van der Waals surface area contributed by atoms with Gasteiger partial charge in [0.05, 0.1) is 12.0 Å². The Morgan fingerprint density at radius 3 is 2.45 bits per heavy atom. The number of ether oxygens (including phenoxy) is 2. The van der Waals surface area contributed by atoms with Crippen molar-refractivity contribution in [3.63, 3.8) is 0 Å². The van der Waals surface area contributed by atoms with Crippen LogP contribution in [0.25, 0.3) is 0 Å². The average molecular weight is 424 g/mol. The Morgan fingerprint density at radius 2 is 1.81 bits per heavy atom. The Hall–Kier alpha value is -3.15. The summed E-state index contributed by atoms with van der Waals surface area (Å²) in [6, 6.07) is 6.02. The van der Waals surface area contributed by atoms with Crippen LogP contribution in [0.2, 0.25) is 0 Å². The van der Waals surface area contributed by atoms with Crippen LogP contribution >= 0.6 is 0 Å². The molecule has 31 heavy (non-hydrogen) atoms. The molecule has 0 aliphatic carbocycles. The van der Waals surface area contributed by atoms with Crippen molar-refractivity contribution < 1.29 is 29.6 Å². The van der Waals surface area contributed by atoms with Crippen LogP contribution in [0, 0.1) is 5.92 Å². The highest BCUT2D eigenvalue weighted by molar-refractivity contribution is 6.03. The second-order valence-corrected chi connectivity index (χ2v) is 9.14. The van der Waals surface area contributed by atoms with Crippen LogP contribution in [0.4, 0.5) is 0 Å². The lowest BCUT2D eigenvalue weighted by Crippen LogP contribution is -2.42. The number of allylic oxidation sites excluding steroid dienone is 2. The van der Waals surface area contributed by atoms with E-state index in [1.54, 1.807) is 6.07 Å². The van der Waals surface area contributed by atoms with Crippen molar-refractivity contribution in [2.45, 2.75) is 58.7 Å². The van der Waals surface area contributed by atoms with Crippen LogP contribution in [-0.4, -0.2) is 26.7 Å². The summed E-state index contributed by atoms with van der Waals surface area (Å²) in [6.07, 6.45) is 2.60. The summed E-state index contributed by atoms with van der Waals surface area (Å²) < 4.78 is 12.2. The molecule has 2 heterocycles. The number of aromatic hydroxyl groups is 3. The second-order valence-electron chi connectivity index (χ2n) is 9.14. The van der Waals surface area contributed by atoms with Crippen molar-refractivity contribution in [2.75, 3.05) is 0 Å². The molecule has 2 atom stereocenters. The summed E-state index contributed by atoms with van der Waals surface area (Å²) >= 11 is 0. The van der Waals surface area contributed by atoms with E-state index < -0.39 is 11.7 Å². The van der Waals surface area contributed by atoms with E-state index in [4.69, 9.17) is 9.47 Å². The van der Waals surface area contributed by atoms with Crippen LogP contribution in [-0.2, 0) is 6.42 Å². The molecule has 2 aromatic rings. The lowest BCUT2D eigenvalue weighted by Gasteiger charge is -2.41. The van der Waals surface area contributed by atoms with E-state index >= 15 is 0 Å². The average Bonchev–Trinajstić information content (AvgIpc) is 2.65. The third-order valence-electron chi connectivity index (χ3n) is 6.25. The molecule has 0 saturated heterocycles. The normalized spacial score (nSPS) is 21.4. The van der Waals surface area contributed by atoms with E-state index in [0.717, 1.165) is 6.42 Å². The van der Waals surface area contributed by atoms with Gasteiger partial charge in [0.1, 0.15) is 46.0 Å². The molecule has 3 N–H and O–H groups in total. The molecule has 2 aromatic carbocycles. The molecule has 0 amide bonds. The predicted octanol–water partition coefficient (Wildman–Crippen LogP) is 5.20. The summed E-state index contributed by atoms with van der Waals surface area (Å²) in [5, 5.41) is 31.4. The third kappa shape index (κ3) is 3.71. The van der Waals surface area contributed by atoms with Gasteiger partial charge in [-0.05, 0) is 52.7 Å². The zero-order valence-corrected chi connectivity index (χ0v) is 18.2. The van der Waals surface area contributed by atoms with Gasteiger partial charge in [-0.3, -0.25) is 4.79 Å². The number of phenols is 3. The first kappa shape index (κ1) is 21.1. The van der Waals surface area contributed by atoms with Crippen molar-refractivity contribution in [3.05, 3.63) is 52.6 Å². The first-order chi connectivity index (χ1) is 14.6. The summed E-state index contributed by atoms with van der Waals surface area (Å²) in [6.45, 7) is 8.13. The summed E-state index contributed by atoms with van der Waals surface area (Å²) in [5.74, 6) is 0.119. The first-order valence-corrected chi connectivity index (χ1v) is 10.5. The van der Waals surface area contributed by atoms with Gasteiger partial charge in [-0.2, -0.15) is 0 Å². The van der Waals surface area contributed by atoms with Crippen molar-refractivity contribution in [1.29, 1.82) is 0 Å². The molecule has 0 saturated carbocycles. The molecule has 0 unspecified atom stereocenters. The quantitative estimate of drug-likeness (QED) is 0.587. The van der Waals surface area contributed by atoms with Crippen molar-refractivity contribution in [3.8, 4) is 28.7 Å². The lowest BCUT2D eigenvalue weighted by molar-refractivity contribution is 0.0264. The largest absolute Gasteiger partial charge is 0.507 e. The number of rotatable bonds is 3. The number of Topliss-reactive ketones (excluding diaryl/α,β-unsaturated/α-hetero) is 1. The predicted molar refractivity (Wildman–Crippen MR) is 116 cm³/mol. The SMILES string of the molecule is CC(C)=CC[C@@H]1Cc2c(cc3c(c2O)C(=O)C[C@@H](c2c(O)cccc2O)O3)OC1(C)C. The minimum atomic E-state index is -0.860. The molecule has 2 aliphatic rings. The number of carbonyl (C=O) groups is 1. The van der Waals surface area contributed by atoms with Crippen LogP contribution in [0.5, 0.6) is 28.7 Å². The molecule has 0 spiro atoms. The van der Waals surface area contributed by atoms with E-state index in [-0.39, 0.29) is 52.2 Å². The van der Waals surface area contributed by atoms with Crippen LogP contribution < -0.4 is 9.47 Å². The molecule has 164 valence electrons. The van der Waals surface area contributed by atoms with Crippen LogP contribution in [0.3, 0.4) is 0 Å². The highest BCUT2D eigenvalue weighted by Crippen LogP contribution is 2.51. The molecule has 4 rings (SSSR count). The fraction of sp³-hybridized carbons (Fsp3) is 0.400. The Kier molecular flexibility index (Phi) is 5.12. The maximum Gasteiger partial charge on any atom is 0.174 e. The summed E-state index contributed by atoms with van der Waals surface area (Å²) in [4.78, 5) is 13.0. The molecule has 0 radical (unpaired) electrons. The van der Waals surface area contributed by atoms with Gasteiger partial charge in [0.2, 0.25) is 0 Å². The maximum absolute atomic E-state index is 13.0. The fourth-order valence-corrected chi connectivity index (χ4v) is 4.41. The summed E-state index contributed by atoms with van der Waals surface area (Å²) in [5.41, 5.74) is 1.66. The van der Waals surface area contributed by atoms with Crippen molar-refractivity contribution in [2.24, 2.45) is 5.92 Å². The number of hydrogen-bond acceptors (Lipinski definition) is 6. The zero-order chi connectivity index (χ0) is 22.5. The number of phenolic OH excluding ortho intramolecular Hbond substituents is 3. The zero-order valence-electron chi connectivity index (χ0n) is 18.2. The highest BCUT2D eigenvalue weighted by atomic mass is 16.5. The molecule has 6 heteroatoms. The van der Waals surface area contributed by atoms with E-state index in [1.165, 1.54) is 23.8 Å². The number of hydrogen-bond donors (Lipinski definition) is 3. The van der Waals surface area contributed by atoms with Gasteiger partial charge in [-0.1, -0.05) is 17.7 Å². The Morgan fingerprint density at radius 1 is 1.13 bits per heavy atom. The summed E-state index contributed by atoms with van der Waals surface area (Å²) in [7, 11) is 0. The Bertz CT molecular complexity index is 1060. The minimum Gasteiger partial charge on any atom is -0.507 e. The molecular weight excluding hydrogens is 396 g/mol. The first-order valence-electron chi connectivity index (χ1n) is 10.5. The van der Waals surface area contributed by atoms with E-state index in [9.17, 15) is 20.1 Å². The number of fused-ring (bicyclic) bond motifs is 2. The topological polar surface area (TPSA) is 96.2 Å².